The molecule has 0 amide bonds. The minimum Gasteiger partial charge on any atom is -0.344 e. The van der Waals surface area contributed by atoms with E-state index in [0.29, 0.717) is 0 Å². The van der Waals surface area contributed by atoms with Gasteiger partial charge in [-0.05, 0) is 34.7 Å². The average molecular weight is 309 g/mol. The molecule has 24 heavy (non-hydrogen) atoms. The van der Waals surface area contributed by atoms with Gasteiger partial charge < -0.3 is 4.90 Å². The van der Waals surface area contributed by atoms with Crippen molar-refractivity contribution in [3.8, 4) is 11.1 Å². The van der Waals surface area contributed by atoms with Gasteiger partial charge in [0.2, 0.25) is 0 Å². The Kier molecular flexibility index (Phi) is 3.76. The zero-order valence-corrected chi connectivity index (χ0v) is 13.7. The van der Waals surface area contributed by atoms with Gasteiger partial charge in [0.05, 0.1) is 0 Å². The lowest BCUT2D eigenvalue weighted by Gasteiger charge is -2.22. The lowest BCUT2D eigenvalue weighted by molar-refractivity contribution is 1.22. The van der Waals surface area contributed by atoms with E-state index in [2.05, 4.69) is 103 Å². The largest absolute Gasteiger partial charge is 0.344 e. The summed E-state index contributed by atoms with van der Waals surface area (Å²) < 4.78 is 0. The van der Waals surface area contributed by atoms with Crippen LogP contribution in [-0.2, 0) is 0 Å². The highest BCUT2D eigenvalue weighted by Gasteiger charge is 2.11. The fraction of sp³-hybridized carbons (Fsp3) is 0.0435. The van der Waals surface area contributed by atoms with E-state index in [1.165, 1.54) is 33.3 Å². The van der Waals surface area contributed by atoms with Gasteiger partial charge in [-0.2, -0.15) is 0 Å². The fourth-order valence-electron chi connectivity index (χ4n) is 3.24. The first-order valence-electron chi connectivity index (χ1n) is 8.20. The first kappa shape index (κ1) is 14.5. The Hall–Kier alpha value is -3.06. The van der Waals surface area contributed by atoms with E-state index in [1.807, 2.05) is 6.07 Å². The van der Waals surface area contributed by atoms with Gasteiger partial charge in [0.25, 0.3) is 0 Å². The summed E-state index contributed by atoms with van der Waals surface area (Å²) >= 11 is 0. The zero-order valence-electron chi connectivity index (χ0n) is 13.7. The highest BCUT2D eigenvalue weighted by molar-refractivity contribution is 6.04. The standard InChI is InChI=1S/C23H19N/c1-24(19-12-6-3-7-13-19)23-17-16-20(18-10-4-2-5-11-18)21-14-8-9-15-22(21)23/h2-17H,1H3. The molecule has 4 aromatic rings. The molecule has 1 heteroatoms. The number of rotatable bonds is 3. The Morgan fingerprint density at radius 2 is 1.12 bits per heavy atom. The maximum absolute atomic E-state index is 2.25. The molecule has 116 valence electrons. The van der Waals surface area contributed by atoms with E-state index in [9.17, 15) is 0 Å². The number of hydrogen-bond donors (Lipinski definition) is 0. The predicted octanol–water partition coefficient (Wildman–Crippen LogP) is 6.27. The van der Waals surface area contributed by atoms with Crippen LogP contribution >= 0.6 is 0 Å². The van der Waals surface area contributed by atoms with Crippen molar-refractivity contribution in [3.63, 3.8) is 0 Å². The van der Waals surface area contributed by atoms with Gasteiger partial charge in [-0.1, -0.05) is 78.9 Å². The molecule has 0 atom stereocenters. The van der Waals surface area contributed by atoms with Crippen molar-refractivity contribution in [1.82, 2.24) is 0 Å². The summed E-state index contributed by atoms with van der Waals surface area (Å²) in [6.45, 7) is 0. The molecule has 0 aliphatic carbocycles. The predicted molar refractivity (Wildman–Crippen MR) is 104 cm³/mol. The fourth-order valence-corrected chi connectivity index (χ4v) is 3.24. The van der Waals surface area contributed by atoms with Crippen molar-refractivity contribution >= 4 is 22.1 Å². The number of anilines is 2. The maximum atomic E-state index is 2.25. The van der Waals surface area contributed by atoms with E-state index in [4.69, 9.17) is 0 Å². The van der Waals surface area contributed by atoms with Crippen molar-refractivity contribution in [2.75, 3.05) is 11.9 Å². The Balaban J connectivity index is 1.91. The molecule has 0 aliphatic heterocycles. The van der Waals surface area contributed by atoms with Crippen molar-refractivity contribution in [2.45, 2.75) is 0 Å². The van der Waals surface area contributed by atoms with E-state index in [-0.39, 0.29) is 0 Å². The molecule has 4 aromatic carbocycles. The van der Waals surface area contributed by atoms with Gasteiger partial charge >= 0.3 is 0 Å². The molecular formula is C23H19N. The molecule has 0 radical (unpaired) electrons. The van der Waals surface area contributed by atoms with Crippen LogP contribution in [0.25, 0.3) is 21.9 Å². The number of nitrogens with zero attached hydrogens (tertiary/aromatic N) is 1. The van der Waals surface area contributed by atoms with Crippen LogP contribution in [0.15, 0.2) is 97.1 Å². The summed E-state index contributed by atoms with van der Waals surface area (Å²) in [4.78, 5) is 2.25. The molecule has 0 heterocycles. The van der Waals surface area contributed by atoms with Gasteiger partial charge in [0, 0.05) is 23.8 Å². The third kappa shape index (κ3) is 2.55. The monoisotopic (exact) mass is 309 g/mol. The zero-order chi connectivity index (χ0) is 16.4. The normalized spacial score (nSPS) is 10.7. The number of benzene rings is 4. The molecule has 0 N–H and O–H groups in total. The summed E-state index contributed by atoms with van der Waals surface area (Å²) in [5.41, 5.74) is 4.94. The van der Waals surface area contributed by atoms with Gasteiger partial charge in [-0.25, -0.2) is 0 Å². The quantitative estimate of drug-likeness (QED) is 0.431. The molecule has 0 bridgehead atoms. The molecule has 0 aromatic heterocycles. The Bertz CT molecular complexity index is 959. The van der Waals surface area contributed by atoms with Crippen molar-refractivity contribution < 1.29 is 0 Å². The van der Waals surface area contributed by atoms with E-state index in [0.717, 1.165) is 0 Å². The highest BCUT2D eigenvalue weighted by atomic mass is 15.1. The molecule has 0 fully saturated rings. The van der Waals surface area contributed by atoms with E-state index >= 15 is 0 Å². The summed E-state index contributed by atoms with van der Waals surface area (Å²) in [6.07, 6.45) is 0. The molecule has 0 saturated carbocycles. The minimum absolute atomic E-state index is 1.19. The van der Waals surface area contributed by atoms with Crippen LogP contribution in [0, 0.1) is 0 Å². The highest BCUT2D eigenvalue weighted by Crippen LogP contribution is 2.36. The third-order valence-corrected chi connectivity index (χ3v) is 4.49. The number of hydrogen-bond acceptors (Lipinski definition) is 1. The van der Waals surface area contributed by atoms with Crippen molar-refractivity contribution in [1.29, 1.82) is 0 Å². The molecular weight excluding hydrogens is 290 g/mol. The lowest BCUT2D eigenvalue weighted by Crippen LogP contribution is -2.09. The second-order valence-corrected chi connectivity index (χ2v) is 5.94. The first-order chi connectivity index (χ1) is 11.8. The third-order valence-electron chi connectivity index (χ3n) is 4.49. The molecule has 1 nitrogen and oxygen atoms in total. The summed E-state index contributed by atoms with van der Waals surface area (Å²) in [5, 5.41) is 2.55. The second kappa shape index (κ2) is 6.21. The first-order valence-corrected chi connectivity index (χ1v) is 8.20. The SMILES string of the molecule is CN(c1ccccc1)c1ccc(-c2ccccc2)c2ccccc12. The van der Waals surface area contributed by atoms with Crippen LogP contribution in [0.1, 0.15) is 0 Å². The Morgan fingerprint density at radius 3 is 1.83 bits per heavy atom. The molecule has 0 spiro atoms. The summed E-state index contributed by atoms with van der Waals surface area (Å²) in [7, 11) is 2.12. The Labute approximate surface area is 142 Å². The lowest BCUT2D eigenvalue weighted by atomic mass is 9.97. The second-order valence-electron chi connectivity index (χ2n) is 5.94. The van der Waals surface area contributed by atoms with Crippen molar-refractivity contribution in [2.24, 2.45) is 0 Å². The van der Waals surface area contributed by atoms with E-state index in [1.54, 1.807) is 0 Å². The van der Waals surface area contributed by atoms with Crippen molar-refractivity contribution in [3.05, 3.63) is 97.1 Å². The molecule has 4 rings (SSSR count). The van der Waals surface area contributed by atoms with Crippen LogP contribution in [0.4, 0.5) is 11.4 Å². The summed E-state index contributed by atoms with van der Waals surface area (Å²) in [6, 6.07) is 34.1. The van der Waals surface area contributed by atoms with Crippen LogP contribution in [0.2, 0.25) is 0 Å². The maximum Gasteiger partial charge on any atom is 0.0488 e. The molecule has 0 saturated heterocycles. The van der Waals surface area contributed by atoms with Crippen LogP contribution in [0.5, 0.6) is 0 Å². The Morgan fingerprint density at radius 1 is 0.542 bits per heavy atom. The van der Waals surface area contributed by atoms with Crippen LogP contribution in [-0.4, -0.2) is 7.05 Å². The van der Waals surface area contributed by atoms with E-state index < -0.39 is 0 Å². The van der Waals surface area contributed by atoms with Gasteiger partial charge in [0.15, 0.2) is 0 Å². The van der Waals surface area contributed by atoms with Gasteiger partial charge in [-0.15, -0.1) is 0 Å². The smallest absolute Gasteiger partial charge is 0.0488 e. The minimum atomic E-state index is 1.19. The van der Waals surface area contributed by atoms with Gasteiger partial charge in [0.1, 0.15) is 0 Å². The molecule has 0 aliphatic rings. The van der Waals surface area contributed by atoms with Gasteiger partial charge in [-0.3, -0.25) is 0 Å². The summed E-state index contributed by atoms with van der Waals surface area (Å²) in [5.74, 6) is 0. The topological polar surface area (TPSA) is 3.24 Å². The average Bonchev–Trinajstić information content (AvgIpc) is 2.68. The number of fused-ring (bicyclic) bond motifs is 1. The molecule has 0 unspecified atom stereocenters. The number of para-hydroxylation sites is 1. The van der Waals surface area contributed by atoms with Crippen LogP contribution in [0.3, 0.4) is 0 Å². The van der Waals surface area contributed by atoms with Crippen LogP contribution < -0.4 is 4.90 Å².